The summed E-state index contributed by atoms with van der Waals surface area (Å²) >= 11 is 5.76. The van der Waals surface area contributed by atoms with Gasteiger partial charge in [0.05, 0.1) is 6.54 Å². The van der Waals surface area contributed by atoms with Gasteiger partial charge in [-0.15, -0.1) is 0 Å². The number of hydrogen-bond acceptors (Lipinski definition) is 2. The third-order valence-electron chi connectivity index (χ3n) is 2.69. The van der Waals surface area contributed by atoms with E-state index in [1.165, 1.54) is 12.1 Å². The quantitative estimate of drug-likeness (QED) is 0.848. The Labute approximate surface area is 116 Å². The predicted molar refractivity (Wildman–Crippen MR) is 73.9 cm³/mol. The second-order valence-electron chi connectivity index (χ2n) is 4.16. The molecule has 0 saturated carbocycles. The molecule has 0 aromatic heterocycles. The molecule has 2 nitrogen and oxygen atoms in total. The van der Waals surface area contributed by atoms with Crippen LogP contribution in [0.15, 0.2) is 48.5 Å². The van der Waals surface area contributed by atoms with Gasteiger partial charge in [0, 0.05) is 17.1 Å². The molecule has 0 aliphatic carbocycles. The van der Waals surface area contributed by atoms with Crippen molar-refractivity contribution < 1.29 is 9.18 Å². The summed E-state index contributed by atoms with van der Waals surface area (Å²) in [4.78, 5) is 11.8. The molecule has 0 amide bonds. The van der Waals surface area contributed by atoms with Crippen molar-refractivity contribution in [1.82, 2.24) is 5.32 Å². The number of rotatable bonds is 5. The fourth-order valence-electron chi connectivity index (χ4n) is 1.66. The van der Waals surface area contributed by atoms with Gasteiger partial charge < -0.3 is 5.32 Å². The van der Waals surface area contributed by atoms with Crippen molar-refractivity contribution in [3.8, 4) is 0 Å². The number of Topliss-reactive ketones (excluding diaryl/α,β-unsaturated/α-hetero) is 1. The summed E-state index contributed by atoms with van der Waals surface area (Å²) in [6, 6.07) is 13.0. The van der Waals surface area contributed by atoms with Crippen molar-refractivity contribution in [3.05, 3.63) is 70.5 Å². The summed E-state index contributed by atoms with van der Waals surface area (Å²) in [5.74, 6) is -0.264. The van der Waals surface area contributed by atoms with Gasteiger partial charge >= 0.3 is 0 Å². The summed E-state index contributed by atoms with van der Waals surface area (Å²) in [5.41, 5.74) is 1.56. The standard InChI is InChI=1S/C15H13ClFNO/c16-13-5-3-12(4-6-13)15(19)10-18-9-11-1-7-14(17)8-2-11/h1-8,18H,9-10H2. The summed E-state index contributed by atoms with van der Waals surface area (Å²) in [5, 5.41) is 3.64. The molecule has 0 atom stereocenters. The van der Waals surface area contributed by atoms with Gasteiger partial charge in [-0.25, -0.2) is 4.39 Å². The number of halogens is 2. The number of carbonyl (C=O) groups excluding carboxylic acids is 1. The minimum atomic E-state index is -0.263. The van der Waals surface area contributed by atoms with E-state index >= 15 is 0 Å². The molecule has 0 aliphatic rings. The summed E-state index contributed by atoms with van der Waals surface area (Å²) in [6.07, 6.45) is 0. The fourth-order valence-corrected chi connectivity index (χ4v) is 1.79. The van der Waals surface area contributed by atoms with E-state index in [1.54, 1.807) is 36.4 Å². The minimum absolute atomic E-state index is 0.00113. The molecule has 0 unspecified atom stereocenters. The van der Waals surface area contributed by atoms with E-state index in [0.717, 1.165) is 5.56 Å². The summed E-state index contributed by atoms with van der Waals surface area (Å²) in [6.45, 7) is 0.763. The van der Waals surface area contributed by atoms with E-state index in [2.05, 4.69) is 5.32 Å². The van der Waals surface area contributed by atoms with Crippen molar-refractivity contribution in [2.75, 3.05) is 6.54 Å². The van der Waals surface area contributed by atoms with Crippen molar-refractivity contribution in [1.29, 1.82) is 0 Å². The average molecular weight is 278 g/mol. The molecule has 0 radical (unpaired) electrons. The third-order valence-corrected chi connectivity index (χ3v) is 2.95. The second-order valence-corrected chi connectivity index (χ2v) is 4.60. The lowest BCUT2D eigenvalue weighted by molar-refractivity contribution is 0.0991. The molecule has 1 N–H and O–H groups in total. The molecule has 2 aromatic carbocycles. The van der Waals surface area contributed by atoms with Crippen LogP contribution in [-0.4, -0.2) is 12.3 Å². The number of nitrogens with one attached hydrogen (secondary N) is 1. The second kappa shape index (κ2) is 6.45. The largest absolute Gasteiger partial charge is 0.306 e. The van der Waals surface area contributed by atoms with Crippen LogP contribution >= 0.6 is 11.6 Å². The Kier molecular flexibility index (Phi) is 4.66. The van der Waals surface area contributed by atoms with E-state index in [9.17, 15) is 9.18 Å². The van der Waals surface area contributed by atoms with Crippen LogP contribution in [0.2, 0.25) is 5.02 Å². The molecule has 2 aromatic rings. The predicted octanol–water partition coefficient (Wildman–Crippen LogP) is 3.45. The van der Waals surface area contributed by atoms with Crippen LogP contribution in [0.5, 0.6) is 0 Å². The van der Waals surface area contributed by atoms with Gasteiger partial charge in [-0.1, -0.05) is 23.7 Å². The van der Waals surface area contributed by atoms with Gasteiger partial charge in [0.2, 0.25) is 0 Å². The highest BCUT2D eigenvalue weighted by Crippen LogP contribution is 2.09. The molecule has 0 aliphatic heterocycles. The smallest absolute Gasteiger partial charge is 0.176 e. The number of carbonyl (C=O) groups is 1. The first-order valence-electron chi connectivity index (χ1n) is 5.89. The molecule has 0 saturated heterocycles. The lowest BCUT2D eigenvalue weighted by atomic mass is 10.1. The van der Waals surface area contributed by atoms with Gasteiger partial charge in [0.15, 0.2) is 5.78 Å². The molecular weight excluding hydrogens is 265 g/mol. The Bertz CT molecular complexity index is 551. The number of benzene rings is 2. The van der Waals surface area contributed by atoms with Crippen molar-refractivity contribution in [2.24, 2.45) is 0 Å². The molecule has 0 bridgehead atoms. The summed E-state index contributed by atoms with van der Waals surface area (Å²) in [7, 11) is 0. The zero-order chi connectivity index (χ0) is 13.7. The fraction of sp³-hybridized carbons (Fsp3) is 0.133. The maximum atomic E-state index is 12.7. The first-order chi connectivity index (χ1) is 9.15. The lowest BCUT2D eigenvalue weighted by Crippen LogP contribution is -2.22. The van der Waals surface area contributed by atoms with Crippen molar-refractivity contribution >= 4 is 17.4 Å². The normalized spacial score (nSPS) is 10.4. The van der Waals surface area contributed by atoms with Gasteiger partial charge in [-0.2, -0.15) is 0 Å². The van der Waals surface area contributed by atoms with E-state index in [-0.39, 0.29) is 18.1 Å². The van der Waals surface area contributed by atoms with Crippen LogP contribution in [0, 0.1) is 5.82 Å². The van der Waals surface area contributed by atoms with Gasteiger partial charge in [-0.05, 0) is 42.0 Å². The van der Waals surface area contributed by atoms with Gasteiger partial charge in [0.25, 0.3) is 0 Å². The lowest BCUT2D eigenvalue weighted by Gasteiger charge is -2.05. The minimum Gasteiger partial charge on any atom is -0.306 e. The number of ketones is 1. The SMILES string of the molecule is O=C(CNCc1ccc(F)cc1)c1ccc(Cl)cc1. The average Bonchev–Trinajstić information content (AvgIpc) is 2.41. The van der Waals surface area contributed by atoms with Crippen LogP contribution in [0.3, 0.4) is 0 Å². The molecule has 0 spiro atoms. The summed E-state index contributed by atoms with van der Waals surface area (Å²) < 4.78 is 12.7. The van der Waals surface area contributed by atoms with E-state index < -0.39 is 0 Å². The van der Waals surface area contributed by atoms with E-state index in [0.29, 0.717) is 17.1 Å². The molecule has 4 heteroatoms. The van der Waals surface area contributed by atoms with Crippen molar-refractivity contribution in [3.63, 3.8) is 0 Å². The van der Waals surface area contributed by atoms with Crippen LogP contribution < -0.4 is 5.32 Å². The first kappa shape index (κ1) is 13.7. The highest BCUT2D eigenvalue weighted by atomic mass is 35.5. The Balaban J connectivity index is 1.84. The Morgan fingerprint density at radius 3 is 2.32 bits per heavy atom. The molecular formula is C15H13ClFNO. The Hall–Kier alpha value is -1.71. The number of hydrogen-bond donors (Lipinski definition) is 1. The highest BCUT2D eigenvalue weighted by molar-refractivity contribution is 6.30. The molecule has 98 valence electrons. The Morgan fingerprint density at radius 2 is 1.68 bits per heavy atom. The molecule has 0 fully saturated rings. The Morgan fingerprint density at radius 1 is 1.05 bits per heavy atom. The third kappa shape index (κ3) is 4.16. The zero-order valence-electron chi connectivity index (χ0n) is 10.2. The van der Waals surface area contributed by atoms with Crippen LogP contribution in [-0.2, 0) is 6.54 Å². The van der Waals surface area contributed by atoms with Crippen molar-refractivity contribution in [2.45, 2.75) is 6.54 Å². The van der Waals surface area contributed by atoms with E-state index in [4.69, 9.17) is 11.6 Å². The highest BCUT2D eigenvalue weighted by Gasteiger charge is 2.04. The maximum Gasteiger partial charge on any atom is 0.176 e. The van der Waals surface area contributed by atoms with Gasteiger partial charge in [-0.3, -0.25) is 4.79 Å². The topological polar surface area (TPSA) is 29.1 Å². The molecule has 0 heterocycles. The zero-order valence-corrected chi connectivity index (χ0v) is 11.0. The van der Waals surface area contributed by atoms with Gasteiger partial charge in [0.1, 0.15) is 5.82 Å². The van der Waals surface area contributed by atoms with Crippen LogP contribution in [0.4, 0.5) is 4.39 Å². The maximum absolute atomic E-state index is 12.7. The molecule has 2 rings (SSSR count). The monoisotopic (exact) mass is 277 g/mol. The first-order valence-corrected chi connectivity index (χ1v) is 6.27. The van der Waals surface area contributed by atoms with Crippen LogP contribution in [0.1, 0.15) is 15.9 Å². The van der Waals surface area contributed by atoms with Crippen LogP contribution in [0.25, 0.3) is 0 Å². The molecule has 19 heavy (non-hydrogen) atoms. The van der Waals surface area contributed by atoms with E-state index in [1.807, 2.05) is 0 Å².